The molecule has 0 saturated heterocycles. The molecule has 31 heavy (non-hydrogen) atoms. The Morgan fingerprint density at radius 2 is 2.03 bits per heavy atom. The van der Waals surface area contributed by atoms with Gasteiger partial charge in [-0.05, 0) is 31.2 Å². The molecule has 7 nitrogen and oxygen atoms in total. The van der Waals surface area contributed by atoms with Crippen molar-refractivity contribution in [2.75, 3.05) is 10.6 Å². The first kappa shape index (κ1) is 19.6. The van der Waals surface area contributed by atoms with Gasteiger partial charge in [0, 0.05) is 27.2 Å². The highest BCUT2D eigenvalue weighted by atomic mass is 35.5. The monoisotopic (exact) mass is 452 g/mol. The first-order chi connectivity index (χ1) is 15.0. The van der Waals surface area contributed by atoms with E-state index >= 15 is 0 Å². The van der Waals surface area contributed by atoms with Crippen LogP contribution in [0.3, 0.4) is 0 Å². The lowest BCUT2D eigenvalue weighted by atomic mass is 10.1. The quantitative estimate of drug-likeness (QED) is 0.419. The van der Waals surface area contributed by atoms with E-state index in [1.54, 1.807) is 25.1 Å². The Morgan fingerprint density at radius 1 is 1.19 bits per heavy atom. The van der Waals surface area contributed by atoms with Gasteiger partial charge in [0.2, 0.25) is 0 Å². The molecule has 1 aliphatic heterocycles. The molecule has 2 aromatic heterocycles. The molecule has 3 N–H and O–H groups in total. The molecule has 5 rings (SSSR count). The molecular formula is C22H17ClN4O3S. The van der Waals surface area contributed by atoms with Crippen molar-refractivity contribution in [3.05, 3.63) is 69.0 Å². The summed E-state index contributed by atoms with van der Waals surface area (Å²) in [6, 6.07) is 12.9. The molecule has 1 unspecified atom stereocenters. The van der Waals surface area contributed by atoms with Crippen LogP contribution in [0.15, 0.2) is 52.6 Å². The molecule has 1 amide bonds. The van der Waals surface area contributed by atoms with Crippen molar-refractivity contribution in [1.29, 1.82) is 0 Å². The molecule has 0 bridgehead atoms. The minimum Gasteiger partial charge on any atom is -0.479 e. The van der Waals surface area contributed by atoms with Gasteiger partial charge in [0.05, 0.1) is 17.6 Å². The van der Waals surface area contributed by atoms with Crippen molar-refractivity contribution >= 4 is 50.4 Å². The number of amides is 1. The fraction of sp³-hybridized carbons (Fsp3) is 0.136. The maximum atomic E-state index is 12.8. The van der Waals surface area contributed by atoms with Gasteiger partial charge in [0.1, 0.15) is 16.4 Å². The van der Waals surface area contributed by atoms with E-state index in [-0.39, 0.29) is 11.5 Å². The first-order valence-corrected chi connectivity index (χ1v) is 10.9. The van der Waals surface area contributed by atoms with E-state index in [1.807, 2.05) is 29.6 Å². The van der Waals surface area contributed by atoms with Crippen LogP contribution >= 0.6 is 22.9 Å². The highest BCUT2D eigenvalue weighted by Crippen LogP contribution is 2.35. The van der Waals surface area contributed by atoms with Crippen molar-refractivity contribution in [1.82, 2.24) is 9.97 Å². The van der Waals surface area contributed by atoms with E-state index in [9.17, 15) is 9.59 Å². The average molecular weight is 453 g/mol. The van der Waals surface area contributed by atoms with Crippen molar-refractivity contribution in [2.24, 2.45) is 0 Å². The summed E-state index contributed by atoms with van der Waals surface area (Å²) in [4.78, 5) is 32.7. The Labute approximate surface area is 186 Å². The molecule has 0 saturated carbocycles. The van der Waals surface area contributed by atoms with Crippen molar-refractivity contribution in [3.63, 3.8) is 0 Å². The molecule has 3 heterocycles. The summed E-state index contributed by atoms with van der Waals surface area (Å²) in [5, 5.41) is 9.06. The molecule has 1 aliphatic rings. The second kappa shape index (κ2) is 7.72. The van der Waals surface area contributed by atoms with Gasteiger partial charge in [-0.15, -0.1) is 11.3 Å². The lowest BCUT2D eigenvalue weighted by Crippen LogP contribution is -2.34. The predicted molar refractivity (Wildman–Crippen MR) is 123 cm³/mol. The van der Waals surface area contributed by atoms with E-state index in [0.717, 1.165) is 16.8 Å². The number of carbonyl (C=O) groups excluding carboxylic acids is 1. The van der Waals surface area contributed by atoms with Gasteiger partial charge in [0.15, 0.2) is 6.10 Å². The highest BCUT2D eigenvalue weighted by molar-refractivity contribution is 7.17. The van der Waals surface area contributed by atoms with Crippen LogP contribution in [0, 0.1) is 0 Å². The normalized spacial score (nSPS) is 15.3. The number of hydrogen-bond donors (Lipinski definition) is 3. The van der Waals surface area contributed by atoms with Crippen LogP contribution in [0.2, 0.25) is 5.02 Å². The van der Waals surface area contributed by atoms with Crippen LogP contribution in [0.5, 0.6) is 5.75 Å². The minimum absolute atomic E-state index is 0.187. The average Bonchev–Trinajstić information content (AvgIpc) is 3.18. The number of nitrogens with zero attached hydrogens (tertiary/aromatic N) is 1. The molecule has 0 aliphatic carbocycles. The molecule has 156 valence electrons. The zero-order valence-corrected chi connectivity index (χ0v) is 17.9. The third kappa shape index (κ3) is 3.64. The van der Waals surface area contributed by atoms with E-state index < -0.39 is 6.10 Å². The maximum absolute atomic E-state index is 12.8. The predicted octanol–water partition coefficient (Wildman–Crippen LogP) is 4.64. The van der Waals surface area contributed by atoms with Crippen LogP contribution in [0.25, 0.3) is 21.3 Å². The van der Waals surface area contributed by atoms with Gasteiger partial charge in [-0.2, -0.15) is 0 Å². The van der Waals surface area contributed by atoms with E-state index in [1.165, 1.54) is 11.3 Å². The molecule has 0 spiro atoms. The van der Waals surface area contributed by atoms with Crippen molar-refractivity contribution < 1.29 is 9.53 Å². The number of halogens is 1. The molecular weight excluding hydrogens is 436 g/mol. The zero-order valence-electron chi connectivity index (χ0n) is 16.4. The van der Waals surface area contributed by atoms with Gasteiger partial charge in [-0.3, -0.25) is 9.59 Å². The van der Waals surface area contributed by atoms with Gasteiger partial charge in [-0.1, -0.05) is 29.8 Å². The summed E-state index contributed by atoms with van der Waals surface area (Å²) in [7, 11) is 0. The summed E-state index contributed by atoms with van der Waals surface area (Å²) < 4.78 is 5.57. The molecule has 0 fully saturated rings. The summed E-state index contributed by atoms with van der Waals surface area (Å²) in [5.41, 5.74) is 2.74. The summed E-state index contributed by atoms with van der Waals surface area (Å²) >= 11 is 7.72. The largest absolute Gasteiger partial charge is 0.479 e. The molecule has 4 aromatic rings. The number of nitrogens with one attached hydrogen (secondary N) is 3. The number of rotatable bonds is 4. The number of thiophene rings is 1. The summed E-state index contributed by atoms with van der Waals surface area (Å²) in [5.74, 6) is 0.945. The van der Waals surface area contributed by atoms with Crippen molar-refractivity contribution in [3.8, 4) is 16.9 Å². The van der Waals surface area contributed by atoms with Gasteiger partial charge in [-0.25, -0.2) is 4.98 Å². The summed E-state index contributed by atoms with van der Waals surface area (Å²) in [6.45, 7) is 2.01. The number of ether oxygens (including phenoxy) is 1. The maximum Gasteiger partial charge on any atom is 0.265 e. The number of aromatic amines is 1. The second-order valence-corrected chi connectivity index (χ2v) is 8.40. The van der Waals surface area contributed by atoms with Crippen LogP contribution < -0.4 is 20.9 Å². The first-order valence-electron chi connectivity index (χ1n) is 9.60. The second-order valence-electron chi connectivity index (χ2n) is 7.14. The summed E-state index contributed by atoms with van der Waals surface area (Å²) in [6.07, 6.45) is -0.520. The van der Waals surface area contributed by atoms with Crippen LogP contribution in [-0.4, -0.2) is 22.0 Å². The number of anilines is 2. The highest BCUT2D eigenvalue weighted by Gasteiger charge is 2.23. The van der Waals surface area contributed by atoms with Gasteiger partial charge in [0.25, 0.3) is 11.5 Å². The fourth-order valence-corrected chi connectivity index (χ4v) is 4.65. The standard InChI is InChI=1S/C22H17ClN4O3S/c1-11-20(28)25-16-8-12(6-7-17(16)30-11)24-9-18-26-21(29)19-14(10-31-22(19)27-18)13-4-2-3-5-15(13)23/h2-8,10-11,24H,9H2,1H3,(H,25,28)(H,26,27,29). The number of aromatic nitrogens is 2. The molecule has 1 atom stereocenters. The Hall–Kier alpha value is -3.36. The number of H-pyrrole nitrogens is 1. The van der Waals surface area contributed by atoms with Crippen LogP contribution in [0.4, 0.5) is 11.4 Å². The Morgan fingerprint density at radius 3 is 2.87 bits per heavy atom. The Kier molecular flexibility index (Phi) is 4.88. The lowest BCUT2D eigenvalue weighted by Gasteiger charge is -2.23. The molecule has 9 heteroatoms. The number of hydrogen-bond acceptors (Lipinski definition) is 6. The Balaban J connectivity index is 1.40. The fourth-order valence-electron chi connectivity index (χ4n) is 3.46. The smallest absolute Gasteiger partial charge is 0.265 e. The Bertz CT molecular complexity index is 1380. The minimum atomic E-state index is -0.520. The van der Waals surface area contributed by atoms with E-state index in [4.69, 9.17) is 16.3 Å². The number of fused-ring (bicyclic) bond motifs is 2. The van der Waals surface area contributed by atoms with Crippen LogP contribution in [0.1, 0.15) is 12.7 Å². The third-order valence-electron chi connectivity index (χ3n) is 5.03. The van der Waals surface area contributed by atoms with Gasteiger partial charge < -0.3 is 20.4 Å². The number of carbonyl (C=O) groups is 1. The number of benzene rings is 2. The molecule has 0 radical (unpaired) electrons. The third-order valence-corrected chi connectivity index (χ3v) is 6.23. The SMILES string of the molecule is CC1Oc2ccc(NCc3nc4scc(-c5ccccc5Cl)c4c(=O)[nH]3)cc2NC1=O. The van der Waals surface area contributed by atoms with Crippen molar-refractivity contribution in [2.45, 2.75) is 19.6 Å². The van der Waals surface area contributed by atoms with Gasteiger partial charge >= 0.3 is 0 Å². The topological polar surface area (TPSA) is 96.1 Å². The lowest BCUT2D eigenvalue weighted by molar-refractivity contribution is -0.122. The van der Waals surface area contributed by atoms with E-state index in [0.29, 0.717) is 39.0 Å². The van der Waals surface area contributed by atoms with E-state index in [2.05, 4.69) is 20.6 Å². The van der Waals surface area contributed by atoms with Crippen LogP contribution in [-0.2, 0) is 11.3 Å². The molecule has 2 aromatic carbocycles. The zero-order chi connectivity index (χ0) is 21.5.